The van der Waals surface area contributed by atoms with Gasteiger partial charge in [-0.05, 0) is 34.6 Å². The van der Waals surface area contributed by atoms with Crippen molar-refractivity contribution in [2.45, 2.75) is 76.7 Å². The maximum absolute atomic E-state index is 13.9. The number of alkyl halides is 2. The predicted molar refractivity (Wildman–Crippen MR) is 155 cm³/mol. The van der Waals surface area contributed by atoms with Crippen molar-refractivity contribution in [3.8, 4) is 17.3 Å². The van der Waals surface area contributed by atoms with Crippen LogP contribution >= 0.6 is 0 Å². The summed E-state index contributed by atoms with van der Waals surface area (Å²) in [5, 5.41) is 20.3. The van der Waals surface area contributed by atoms with Gasteiger partial charge in [0, 0.05) is 37.4 Å². The zero-order valence-electron chi connectivity index (χ0n) is 24.5. The molecule has 44 heavy (non-hydrogen) atoms. The molecule has 3 aromatic rings. The van der Waals surface area contributed by atoms with Crippen LogP contribution in [0.25, 0.3) is 11.3 Å². The highest BCUT2D eigenvalue weighted by molar-refractivity contribution is 5.94. The zero-order valence-corrected chi connectivity index (χ0v) is 24.5. The lowest BCUT2D eigenvalue weighted by atomic mass is 9.99. The molecule has 10 nitrogen and oxygen atoms in total. The van der Waals surface area contributed by atoms with E-state index < -0.39 is 48.7 Å². The Labute approximate surface area is 253 Å². The number of amides is 3. The summed E-state index contributed by atoms with van der Waals surface area (Å²) < 4.78 is 29.6. The number of nitrogens with one attached hydrogen (secondary N) is 1. The van der Waals surface area contributed by atoms with Gasteiger partial charge < -0.3 is 15.1 Å². The van der Waals surface area contributed by atoms with E-state index in [1.807, 2.05) is 22.9 Å². The van der Waals surface area contributed by atoms with Gasteiger partial charge in [-0.15, -0.1) is 5.10 Å². The monoisotopic (exact) mass is 601 g/mol. The Morgan fingerprint density at radius 1 is 1.16 bits per heavy atom. The lowest BCUT2D eigenvalue weighted by molar-refractivity contribution is -0.135. The average Bonchev–Trinajstić information content (AvgIpc) is 3.78. The number of fused-ring (bicyclic) bond motifs is 1. The van der Waals surface area contributed by atoms with Crippen LogP contribution in [-0.4, -0.2) is 67.1 Å². The summed E-state index contributed by atoms with van der Waals surface area (Å²) in [6, 6.07) is 13.8. The third-order valence-corrected chi connectivity index (χ3v) is 8.87. The van der Waals surface area contributed by atoms with E-state index in [0.29, 0.717) is 25.6 Å². The van der Waals surface area contributed by atoms with Gasteiger partial charge in [-0.2, -0.15) is 5.26 Å². The second-order valence-electron chi connectivity index (χ2n) is 12.2. The minimum Gasteiger partial charge on any atom is -0.344 e. The smallest absolute Gasteiger partial charge is 0.268 e. The standard InChI is InChI=1S/C32H33F2N7O3/c1-19(2)20-6-8-21(9-7-20)28-14-36-38-41(28)16-23-5-3-4-22-15-39(17-26(22)23)29(42)11-24-10-27(37-30(24)43)31(44)40-18-32(33,34)12-25(40)13-35/h3-9,14,19,24-25,27H,10-12,15-18H2,1-2H3,(H,37,43)/t24-,25-,27-/m0/s1. The summed E-state index contributed by atoms with van der Waals surface area (Å²) in [5.41, 5.74) is 6.21. The van der Waals surface area contributed by atoms with E-state index in [1.165, 1.54) is 5.56 Å². The summed E-state index contributed by atoms with van der Waals surface area (Å²) >= 11 is 0. The number of carbonyl (C=O) groups is 3. The van der Waals surface area contributed by atoms with Crippen LogP contribution in [-0.2, 0) is 34.0 Å². The molecule has 6 rings (SSSR count). The summed E-state index contributed by atoms with van der Waals surface area (Å²) in [6.45, 7) is 4.69. The summed E-state index contributed by atoms with van der Waals surface area (Å²) in [4.78, 5) is 41.5. The van der Waals surface area contributed by atoms with Crippen LogP contribution < -0.4 is 5.32 Å². The Morgan fingerprint density at radius 3 is 2.66 bits per heavy atom. The molecule has 228 valence electrons. The van der Waals surface area contributed by atoms with Crippen LogP contribution in [0.2, 0.25) is 0 Å². The van der Waals surface area contributed by atoms with Crippen molar-refractivity contribution in [3.63, 3.8) is 0 Å². The third-order valence-electron chi connectivity index (χ3n) is 8.87. The van der Waals surface area contributed by atoms with Crippen molar-refractivity contribution in [2.75, 3.05) is 6.54 Å². The molecule has 3 aliphatic rings. The van der Waals surface area contributed by atoms with Crippen LogP contribution in [0, 0.1) is 17.2 Å². The van der Waals surface area contributed by atoms with Gasteiger partial charge in [0.1, 0.15) is 12.1 Å². The van der Waals surface area contributed by atoms with Crippen LogP contribution in [0.5, 0.6) is 0 Å². The largest absolute Gasteiger partial charge is 0.344 e. The lowest BCUT2D eigenvalue weighted by Crippen LogP contribution is -2.46. The molecule has 2 saturated heterocycles. The molecule has 3 aliphatic heterocycles. The van der Waals surface area contributed by atoms with Gasteiger partial charge in [0.15, 0.2) is 0 Å². The normalized spacial score (nSPS) is 22.3. The van der Waals surface area contributed by atoms with E-state index in [2.05, 4.69) is 53.7 Å². The molecule has 0 radical (unpaired) electrons. The number of benzene rings is 2. The minimum atomic E-state index is -3.15. The fraction of sp³-hybridized carbons (Fsp3) is 0.438. The van der Waals surface area contributed by atoms with Crippen molar-refractivity contribution in [3.05, 3.63) is 70.9 Å². The number of carbonyl (C=O) groups excluding carboxylic acids is 3. The number of aromatic nitrogens is 3. The maximum Gasteiger partial charge on any atom is 0.268 e. The minimum absolute atomic E-state index is 0.0168. The van der Waals surface area contributed by atoms with E-state index in [4.69, 9.17) is 0 Å². The molecular formula is C32H33F2N7O3. The quantitative estimate of drug-likeness (QED) is 0.441. The molecule has 0 aliphatic carbocycles. The van der Waals surface area contributed by atoms with Gasteiger partial charge in [-0.3, -0.25) is 14.4 Å². The zero-order chi connectivity index (χ0) is 31.2. The van der Waals surface area contributed by atoms with Crippen LogP contribution in [0.15, 0.2) is 48.7 Å². The summed E-state index contributed by atoms with van der Waals surface area (Å²) in [6.07, 6.45) is 0.933. The van der Waals surface area contributed by atoms with Crippen LogP contribution in [0.4, 0.5) is 8.78 Å². The molecule has 2 aromatic carbocycles. The third kappa shape index (κ3) is 5.66. The van der Waals surface area contributed by atoms with E-state index in [9.17, 15) is 28.4 Å². The molecule has 0 saturated carbocycles. The number of likely N-dealkylation sites (tertiary alicyclic amines) is 1. The average molecular weight is 602 g/mol. The molecule has 0 bridgehead atoms. The van der Waals surface area contributed by atoms with Gasteiger partial charge in [-0.1, -0.05) is 61.5 Å². The predicted octanol–water partition coefficient (Wildman–Crippen LogP) is 3.61. The SMILES string of the molecule is CC(C)c1ccc(-c2cnnn2Cc2cccc3c2CN(C(=O)C[C@@H]2C[C@@H](C(=O)N4CC(F)(F)C[C@H]4C#N)NC2=O)C3)cc1. The number of hydrogen-bond acceptors (Lipinski definition) is 6. The van der Waals surface area contributed by atoms with E-state index in [-0.39, 0.29) is 18.7 Å². The molecular weight excluding hydrogens is 568 g/mol. The number of nitriles is 1. The number of rotatable bonds is 7. The van der Waals surface area contributed by atoms with Crippen molar-refractivity contribution in [2.24, 2.45) is 5.92 Å². The fourth-order valence-electron chi connectivity index (χ4n) is 6.40. The molecule has 4 heterocycles. The molecule has 1 N–H and O–H groups in total. The number of nitrogens with zero attached hydrogens (tertiary/aromatic N) is 6. The van der Waals surface area contributed by atoms with Crippen molar-refractivity contribution >= 4 is 17.7 Å². The first-order chi connectivity index (χ1) is 21.0. The van der Waals surface area contributed by atoms with Gasteiger partial charge in [0.05, 0.1) is 31.0 Å². The molecule has 1 aromatic heterocycles. The first kappa shape index (κ1) is 29.4. The molecule has 2 fully saturated rings. The van der Waals surface area contributed by atoms with Crippen molar-refractivity contribution in [1.82, 2.24) is 30.1 Å². The summed E-state index contributed by atoms with van der Waals surface area (Å²) in [7, 11) is 0. The molecule has 12 heteroatoms. The second-order valence-corrected chi connectivity index (χ2v) is 12.2. The van der Waals surface area contributed by atoms with Gasteiger partial charge in [0.25, 0.3) is 5.92 Å². The van der Waals surface area contributed by atoms with Crippen molar-refractivity contribution in [1.29, 1.82) is 5.26 Å². The number of halogens is 2. The van der Waals surface area contributed by atoms with Crippen molar-refractivity contribution < 1.29 is 23.2 Å². The Hall–Kier alpha value is -4.66. The summed E-state index contributed by atoms with van der Waals surface area (Å²) in [5.74, 6) is -4.88. The lowest BCUT2D eigenvalue weighted by Gasteiger charge is -2.22. The second kappa shape index (κ2) is 11.4. The fourth-order valence-corrected chi connectivity index (χ4v) is 6.40. The maximum atomic E-state index is 13.9. The number of hydrogen-bond donors (Lipinski definition) is 1. The van der Waals surface area contributed by atoms with Crippen LogP contribution in [0.1, 0.15) is 61.3 Å². The Bertz CT molecular complexity index is 1650. The highest BCUT2D eigenvalue weighted by Gasteiger charge is 2.50. The van der Waals surface area contributed by atoms with E-state index >= 15 is 0 Å². The highest BCUT2D eigenvalue weighted by atomic mass is 19.3. The highest BCUT2D eigenvalue weighted by Crippen LogP contribution is 2.34. The first-order valence-corrected chi connectivity index (χ1v) is 14.8. The van der Waals surface area contributed by atoms with E-state index in [1.54, 1.807) is 17.2 Å². The van der Waals surface area contributed by atoms with Gasteiger partial charge in [-0.25, -0.2) is 13.5 Å². The first-order valence-electron chi connectivity index (χ1n) is 14.8. The Balaban J connectivity index is 1.10. The topological polar surface area (TPSA) is 124 Å². The van der Waals surface area contributed by atoms with E-state index in [0.717, 1.165) is 32.8 Å². The molecule has 3 atom stereocenters. The van der Waals surface area contributed by atoms with Gasteiger partial charge in [0.2, 0.25) is 17.7 Å². The van der Waals surface area contributed by atoms with Crippen LogP contribution in [0.3, 0.4) is 0 Å². The Kier molecular flexibility index (Phi) is 7.65. The molecule has 3 amide bonds. The van der Waals surface area contributed by atoms with Gasteiger partial charge >= 0.3 is 0 Å². The molecule has 0 unspecified atom stereocenters. The molecule has 0 spiro atoms. The Morgan fingerprint density at radius 2 is 1.93 bits per heavy atom.